The second kappa shape index (κ2) is 4.50. The first-order valence-electron chi connectivity index (χ1n) is 6.52. The van der Waals surface area contributed by atoms with E-state index in [9.17, 15) is 0 Å². The molecule has 3 rings (SSSR count). The number of nitriles is 1. The lowest BCUT2D eigenvalue weighted by Gasteiger charge is -2.29. The molecule has 0 spiro atoms. The van der Waals surface area contributed by atoms with E-state index in [1.54, 1.807) is 6.20 Å². The van der Waals surface area contributed by atoms with Crippen molar-refractivity contribution >= 4 is 0 Å². The Labute approximate surface area is 102 Å². The average molecular weight is 230 g/mol. The quantitative estimate of drug-likeness (QED) is 0.795. The molecule has 1 aromatic heterocycles. The molecule has 2 heterocycles. The van der Waals surface area contributed by atoms with Crippen LogP contribution in [0.2, 0.25) is 0 Å². The highest BCUT2D eigenvalue weighted by molar-refractivity contribution is 5.22. The van der Waals surface area contributed by atoms with Crippen LogP contribution in [0.4, 0.5) is 0 Å². The highest BCUT2D eigenvalue weighted by Gasteiger charge is 2.28. The first-order chi connectivity index (χ1) is 8.35. The van der Waals surface area contributed by atoms with Gasteiger partial charge in [0.2, 0.25) is 0 Å². The van der Waals surface area contributed by atoms with E-state index in [1.807, 2.05) is 10.9 Å². The highest BCUT2D eigenvalue weighted by Crippen LogP contribution is 2.30. The van der Waals surface area contributed by atoms with E-state index in [2.05, 4.69) is 16.1 Å². The second-order valence-corrected chi connectivity index (χ2v) is 5.32. The molecule has 1 aliphatic carbocycles. The number of hydrogen-bond acceptors (Lipinski definition) is 3. The molecule has 1 unspecified atom stereocenters. The van der Waals surface area contributed by atoms with Crippen molar-refractivity contribution in [3.63, 3.8) is 0 Å². The monoisotopic (exact) mass is 230 g/mol. The zero-order valence-corrected chi connectivity index (χ0v) is 10.0. The normalized spacial score (nSPS) is 25.7. The molecule has 0 radical (unpaired) electrons. The minimum absolute atomic E-state index is 0.470. The fourth-order valence-electron chi connectivity index (χ4n) is 2.83. The Kier molecular flexibility index (Phi) is 2.86. The van der Waals surface area contributed by atoms with Crippen LogP contribution >= 0.6 is 0 Å². The molecule has 0 amide bonds. The maximum atomic E-state index is 8.79. The van der Waals surface area contributed by atoms with Crippen LogP contribution in [0.3, 0.4) is 0 Å². The van der Waals surface area contributed by atoms with Crippen molar-refractivity contribution in [3.05, 3.63) is 18.0 Å². The summed E-state index contributed by atoms with van der Waals surface area (Å²) >= 11 is 0. The molecule has 1 saturated carbocycles. The van der Waals surface area contributed by atoms with E-state index < -0.39 is 0 Å². The van der Waals surface area contributed by atoms with Gasteiger partial charge in [-0.25, -0.2) is 0 Å². The van der Waals surface area contributed by atoms with E-state index in [4.69, 9.17) is 5.26 Å². The van der Waals surface area contributed by atoms with Crippen LogP contribution < -0.4 is 0 Å². The number of hydrogen-bond donors (Lipinski definition) is 0. The zero-order valence-electron chi connectivity index (χ0n) is 10.0. The maximum Gasteiger partial charge on any atom is 0.102 e. The molecule has 1 saturated heterocycles. The summed E-state index contributed by atoms with van der Waals surface area (Å²) < 4.78 is 1.97. The van der Waals surface area contributed by atoms with Gasteiger partial charge in [-0.1, -0.05) is 6.42 Å². The van der Waals surface area contributed by atoms with E-state index in [0.29, 0.717) is 11.6 Å². The summed E-state index contributed by atoms with van der Waals surface area (Å²) in [7, 11) is 0. The van der Waals surface area contributed by atoms with Crippen molar-refractivity contribution in [2.24, 2.45) is 5.92 Å². The van der Waals surface area contributed by atoms with Gasteiger partial charge in [0.25, 0.3) is 0 Å². The summed E-state index contributed by atoms with van der Waals surface area (Å²) in [5, 5.41) is 13.1. The third kappa shape index (κ3) is 2.20. The van der Waals surface area contributed by atoms with Crippen LogP contribution in [0.1, 0.15) is 37.3 Å². The van der Waals surface area contributed by atoms with Crippen LogP contribution in [-0.2, 0) is 0 Å². The van der Waals surface area contributed by atoms with Crippen molar-refractivity contribution < 1.29 is 0 Å². The third-order valence-electron chi connectivity index (χ3n) is 4.09. The molecule has 4 nitrogen and oxygen atoms in total. The molecule has 1 aliphatic heterocycles. The van der Waals surface area contributed by atoms with Crippen LogP contribution in [0, 0.1) is 17.2 Å². The number of nitrogens with zero attached hydrogens (tertiary/aromatic N) is 4. The van der Waals surface area contributed by atoms with E-state index in [-0.39, 0.29) is 0 Å². The molecule has 1 aromatic rings. The first-order valence-corrected chi connectivity index (χ1v) is 6.52. The summed E-state index contributed by atoms with van der Waals surface area (Å²) in [6.07, 6.45) is 8.96. The molecule has 0 bridgehead atoms. The summed E-state index contributed by atoms with van der Waals surface area (Å²) in [5.74, 6) is 0.945. The van der Waals surface area contributed by atoms with Gasteiger partial charge in [0, 0.05) is 25.8 Å². The van der Waals surface area contributed by atoms with Gasteiger partial charge in [0.05, 0.1) is 17.8 Å². The molecule has 1 atom stereocenters. The Morgan fingerprint density at radius 3 is 2.94 bits per heavy atom. The molecule has 2 fully saturated rings. The average Bonchev–Trinajstić information content (AvgIpc) is 2.92. The van der Waals surface area contributed by atoms with Crippen molar-refractivity contribution in [2.45, 2.75) is 31.7 Å². The molecule has 2 aliphatic rings. The maximum absolute atomic E-state index is 8.79. The molecular formula is C13H18N4. The third-order valence-corrected chi connectivity index (χ3v) is 4.09. The van der Waals surface area contributed by atoms with Gasteiger partial charge in [0.15, 0.2) is 0 Å². The molecule has 17 heavy (non-hydrogen) atoms. The van der Waals surface area contributed by atoms with Gasteiger partial charge in [-0.05, 0) is 25.2 Å². The van der Waals surface area contributed by atoms with E-state index >= 15 is 0 Å². The van der Waals surface area contributed by atoms with Crippen LogP contribution in [-0.4, -0.2) is 34.3 Å². The van der Waals surface area contributed by atoms with Gasteiger partial charge < -0.3 is 4.90 Å². The Hall–Kier alpha value is -1.34. The zero-order chi connectivity index (χ0) is 11.7. The predicted octanol–water partition coefficient (Wildman–Crippen LogP) is 1.80. The van der Waals surface area contributed by atoms with Crippen molar-refractivity contribution in [1.82, 2.24) is 14.7 Å². The first kappa shape index (κ1) is 10.8. The smallest absolute Gasteiger partial charge is 0.102 e. The van der Waals surface area contributed by atoms with Crippen molar-refractivity contribution in [1.29, 1.82) is 5.26 Å². The molecular weight excluding hydrogens is 212 g/mol. The van der Waals surface area contributed by atoms with Gasteiger partial charge >= 0.3 is 0 Å². The lowest BCUT2D eigenvalue weighted by atomic mass is 9.85. The molecule has 90 valence electrons. The van der Waals surface area contributed by atoms with Crippen LogP contribution in [0.25, 0.3) is 0 Å². The van der Waals surface area contributed by atoms with Gasteiger partial charge in [0.1, 0.15) is 6.07 Å². The SMILES string of the molecule is N#Cc1cnn(C2CCN(CC3CCC3)C2)c1. The van der Waals surface area contributed by atoms with Gasteiger partial charge in [-0.2, -0.15) is 10.4 Å². The summed E-state index contributed by atoms with van der Waals surface area (Å²) in [5.41, 5.74) is 0.669. The second-order valence-electron chi connectivity index (χ2n) is 5.32. The minimum atomic E-state index is 0.470. The standard InChI is InChI=1S/C13H18N4/c14-6-12-7-15-17(9-12)13-4-5-16(10-13)8-11-2-1-3-11/h7,9,11,13H,1-5,8,10H2. The molecule has 0 aromatic carbocycles. The fourth-order valence-corrected chi connectivity index (χ4v) is 2.83. The number of aromatic nitrogens is 2. The van der Waals surface area contributed by atoms with Crippen molar-refractivity contribution in [3.8, 4) is 6.07 Å². The molecule has 0 N–H and O–H groups in total. The van der Waals surface area contributed by atoms with Crippen LogP contribution in [0.5, 0.6) is 0 Å². The minimum Gasteiger partial charge on any atom is -0.301 e. The molecule has 4 heteroatoms. The predicted molar refractivity (Wildman–Crippen MR) is 64.4 cm³/mol. The van der Waals surface area contributed by atoms with Crippen LogP contribution in [0.15, 0.2) is 12.4 Å². The lowest BCUT2D eigenvalue weighted by Crippen LogP contribution is -2.31. The lowest BCUT2D eigenvalue weighted by molar-refractivity contribution is 0.200. The number of rotatable bonds is 3. The summed E-state index contributed by atoms with van der Waals surface area (Å²) in [6, 6.07) is 2.61. The Morgan fingerprint density at radius 2 is 2.29 bits per heavy atom. The van der Waals surface area contributed by atoms with Gasteiger partial charge in [-0.15, -0.1) is 0 Å². The van der Waals surface area contributed by atoms with E-state index in [0.717, 1.165) is 12.5 Å². The fraction of sp³-hybridized carbons (Fsp3) is 0.692. The Bertz CT molecular complexity index is 427. The summed E-state index contributed by atoms with van der Waals surface area (Å²) in [6.45, 7) is 3.55. The van der Waals surface area contributed by atoms with Gasteiger partial charge in [-0.3, -0.25) is 4.68 Å². The van der Waals surface area contributed by atoms with Crippen molar-refractivity contribution in [2.75, 3.05) is 19.6 Å². The highest BCUT2D eigenvalue weighted by atomic mass is 15.3. The summed E-state index contributed by atoms with van der Waals surface area (Å²) in [4.78, 5) is 2.56. The Balaban J connectivity index is 1.57. The van der Waals surface area contributed by atoms with E-state index in [1.165, 1.54) is 38.8 Å². The topological polar surface area (TPSA) is 44.9 Å². The largest absolute Gasteiger partial charge is 0.301 e. The number of likely N-dealkylation sites (tertiary alicyclic amines) is 1. The Morgan fingerprint density at radius 1 is 1.41 bits per heavy atom.